The van der Waals surface area contributed by atoms with Crippen molar-refractivity contribution in [1.82, 2.24) is 9.88 Å². The average Bonchev–Trinajstić information content (AvgIpc) is 2.87. The van der Waals surface area contributed by atoms with Crippen molar-refractivity contribution in [2.75, 3.05) is 20.2 Å². The van der Waals surface area contributed by atoms with Crippen LogP contribution in [-0.4, -0.2) is 52.3 Å². The molecule has 1 aromatic heterocycles. The van der Waals surface area contributed by atoms with Crippen LogP contribution in [0.2, 0.25) is 0 Å². The summed E-state index contributed by atoms with van der Waals surface area (Å²) in [5.74, 6) is -0.467. The number of fused-ring (bicyclic) bond motifs is 1. The van der Waals surface area contributed by atoms with E-state index in [1.165, 1.54) is 0 Å². The number of rotatable bonds is 8. The minimum atomic E-state index is -0.774. The summed E-state index contributed by atoms with van der Waals surface area (Å²) in [5.41, 5.74) is 3.43. The molecule has 0 radical (unpaired) electrons. The van der Waals surface area contributed by atoms with Crippen molar-refractivity contribution in [3.8, 4) is 5.75 Å². The predicted molar refractivity (Wildman–Crippen MR) is 140 cm³/mol. The number of carbonyl (C=O) groups is 1. The molecule has 1 aliphatic heterocycles. The number of methoxy groups -OCH3 is 1. The van der Waals surface area contributed by atoms with Crippen molar-refractivity contribution in [2.45, 2.75) is 57.1 Å². The number of aryl methyl sites for hydroxylation is 1. The first kappa shape index (κ1) is 25.6. The van der Waals surface area contributed by atoms with Gasteiger partial charge in [-0.1, -0.05) is 17.7 Å². The molecule has 2 N–H and O–H groups in total. The monoisotopic (exact) mass is 506 g/mol. The van der Waals surface area contributed by atoms with Gasteiger partial charge < -0.3 is 14.9 Å². The van der Waals surface area contributed by atoms with Gasteiger partial charge in [0.15, 0.2) is 0 Å². The SMILES string of the molecule is COc1ccc2nccc([C@@H](O)CC[C@@H]3CCN(C4CC(c5cc(C)ccc5F)C4)C[C@@H]3C(=O)O)c2c1. The summed E-state index contributed by atoms with van der Waals surface area (Å²) in [4.78, 5) is 18.9. The van der Waals surface area contributed by atoms with Crippen LogP contribution in [0.5, 0.6) is 5.75 Å². The third-order valence-electron chi connectivity index (χ3n) is 8.48. The molecule has 0 unspecified atom stereocenters. The maximum absolute atomic E-state index is 14.3. The smallest absolute Gasteiger partial charge is 0.308 e. The van der Waals surface area contributed by atoms with Crippen molar-refractivity contribution >= 4 is 16.9 Å². The number of nitrogens with zero attached hydrogens (tertiary/aromatic N) is 2. The molecule has 1 saturated carbocycles. The number of carboxylic acid groups (broad SMARTS) is 1. The van der Waals surface area contributed by atoms with Gasteiger partial charge in [-0.15, -0.1) is 0 Å². The molecule has 3 atom stereocenters. The van der Waals surface area contributed by atoms with Gasteiger partial charge in [0, 0.05) is 24.2 Å². The number of benzene rings is 2. The van der Waals surface area contributed by atoms with Crippen LogP contribution in [0.15, 0.2) is 48.7 Å². The van der Waals surface area contributed by atoms with E-state index in [0.29, 0.717) is 31.2 Å². The van der Waals surface area contributed by atoms with Gasteiger partial charge in [0.05, 0.1) is 24.6 Å². The van der Waals surface area contributed by atoms with Crippen LogP contribution in [0.3, 0.4) is 0 Å². The largest absolute Gasteiger partial charge is 0.497 e. The van der Waals surface area contributed by atoms with E-state index < -0.39 is 18.0 Å². The summed E-state index contributed by atoms with van der Waals surface area (Å²) >= 11 is 0. The number of hydrogen-bond donors (Lipinski definition) is 2. The Balaban J connectivity index is 1.20. The Labute approximate surface area is 217 Å². The van der Waals surface area contributed by atoms with E-state index in [2.05, 4.69) is 9.88 Å². The fourth-order valence-corrected chi connectivity index (χ4v) is 6.19. The number of aliphatic hydroxyl groups is 1. The van der Waals surface area contributed by atoms with Gasteiger partial charge in [-0.3, -0.25) is 14.7 Å². The standard InChI is InChI=1S/C30H35FN2O4/c1-18-3-6-27(31)24(13-18)20-14-21(15-20)33-12-10-19(26(17-33)30(35)36)4-8-29(34)23-9-11-32-28-7-5-22(37-2)16-25(23)28/h3,5-7,9,11,13,16,19-21,26,29,34H,4,8,10,12,14-15,17H2,1-2H3,(H,35,36)/t19-,20?,21?,26+,29+/m1/s1. The maximum Gasteiger partial charge on any atom is 0.308 e. The zero-order valence-electron chi connectivity index (χ0n) is 21.4. The van der Waals surface area contributed by atoms with Crippen molar-refractivity contribution in [3.05, 3.63) is 71.2 Å². The molecule has 3 aromatic rings. The molecule has 2 aromatic carbocycles. The van der Waals surface area contributed by atoms with E-state index in [4.69, 9.17) is 4.74 Å². The fraction of sp³-hybridized carbons (Fsp3) is 0.467. The van der Waals surface area contributed by atoms with Crippen LogP contribution in [0, 0.1) is 24.6 Å². The lowest BCUT2D eigenvalue weighted by atomic mass is 9.72. The highest BCUT2D eigenvalue weighted by Crippen LogP contribution is 2.43. The number of carboxylic acids is 1. The van der Waals surface area contributed by atoms with Gasteiger partial charge in [0.25, 0.3) is 0 Å². The first-order chi connectivity index (χ1) is 17.8. The van der Waals surface area contributed by atoms with Crippen LogP contribution < -0.4 is 4.74 Å². The highest BCUT2D eigenvalue weighted by Gasteiger charge is 2.41. The van der Waals surface area contributed by atoms with Crippen molar-refractivity contribution in [1.29, 1.82) is 0 Å². The van der Waals surface area contributed by atoms with Crippen LogP contribution in [0.1, 0.15) is 60.8 Å². The number of likely N-dealkylation sites (tertiary alicyclic amines) is 1. The molecular weight excluding hydrogens is 471 g/mol. The summed E-state index contributed by atoms with van der Waals surface area (Å²) in [6.07, 6.45) is 4.64. The second-order valence-electron chi connectivity index (χ2n) is 10.7. The first-order valence-corrected chi connectivity index (χ1v) is 13.2. The number of ether oxygens (including phenoxy) is 1. The lowest BCUT2D eigenvalue weighted by Crippen LogP contribution is -2.52. The number of aliphatic hydroxyl groups excluding tert-OH is 1. The highest BCUT2D eigenvalue weighted by molar-refractivity contribution is 5.83. The highest BCUT2D eigenvalue weighted by atomic mass is 19.1. The molecule has 37 heavy (non-hydrogen) atoms. The molecule has 0 spiro atoms. The average molecular weight is 507 g/mol. The van der Waals surface area contributed by atoms with Crippen LogP contribution in [-0.2, 0) is 4.79 Å². The molecule has 0 bridgehead atoms. The number of aromatic nitrogens is 1. The van der Waals surface area contributed by atoms with E-state index >= 15 is 0 Å². The molecule has 1 saturated heterocycles. The summed E-state index contributed by atoms with van der Waals surface area (Å²) in [6.45, 7) is 3.33. The molecule has 2 aliphatic rings. The number of pyridine rings is 1. The van der Waals surface area contributed by atoms with Crippen LogP contribution >= 0.6 is 0 Å². The summed E-state index contributed by atoms with van der Waals surface area (Å²) in [5, 5.41) is 21.9. The maximum atomic E-state index is 14.3. The number of piperidine rings is 1. The van der Waals surface area contributed by atoms with E-state index in [1.807, 2.05) is 37.3 Å². The Morgan fingerprint density at radius 3 is 2.78 bits per heavy atom. The van der Waals surface area contributed by atoms with Gasteiger partial charge in [-0.05, 0) is 98.9 Å². The zero-order chi connectivity index (χ0) is 26.1. The molecule has 6 nitrogen and oxygen atoms in total. The Morgan fingerprint density at radius 1 is 1.22 bits per heavy atom. The third kappa shape index (κ3) is 5.34. The van der Waals surface area contributed by atoms with Gasteiger partial charge >= 0.3 is 5.97 Å². The Bertz CT molecular complexity index is 1280. The number of halogens is 1. The quantitative estimate of drug-likeness (QED) is 0.421. The van der Waals surface area contributed by atoms with E-state index in [1.54, 1.807) is 25.4 Å². The third-order valence-corrected chi connectivity index (χ3v) is 8.48. The van der Waals surface area contributed by atoms with Crippen LogP contribution in [0.25, 0.3) is 10.9 Å². The lowest BCUT2D eigenvalue weighted by molar-refractivity contribution is -0.147. The number of aliphatic carboxylic acids is 1. The normalized spacial score (nSPS) is 25.0. The molecule has 5 rings (SSSR count). The molecule has 0 amide bonds. The van der Waals surface area contributed by atoms with Crippen molar-refractivity contribution < 1.29 is 24.1 Å². The second-order valence-corrected chi connectivity index (χ2v) is 10.7. The molecule has 7 heteroatoms. The second kappa shape index (κ2) is 10.8. The van der Waals surface area contributed by atoms with Crippen LogP contribution in [0.4, 0.5) is 4.39 Å². The minimum Gasteiger partial charge on any atom is -0.497 e. The topological polar surface area (TPSA) is 82.9 Å². The van der Waals surface area contributed by atoms with E-state index in [0.717, 1.165) is 53.4 Å². The molecule has 1 aliphatic carbocycles. The minimum absolute atomic E-state index is 0.0103. The molecule has 2 fully saturated rings. The van der Waals surface area contributed by atoms with Gasteiger partial charge in [-0.2, -0.15) is 0 Å². The van der Waals surface area contributed by atoms with Gasteiger partial charge in [0.1, 0.15) is 11.6 Å². The van der Waals surface area contributed by atoms with E-state index in [-0.39, 0.29) is 17.7 Å². The van der Waals surface area contributed by atoms with Gasteiger partial charge in [0.2, 0.25) is 0 Å². The summed E-state index contributed by atoms with van der Waals surface area (Å²) in [7, 11) is 1.61. The predicted octanol–water partition coefficient (Wildman–Crippen LogP) is 5.47. The molecule has 196 valence electrons. The van der Waals surface area contributed by atoms with Crippen molar-refractivity contribution in [2.24, 2.45) is 11.8 Å². The fourth-order valence-electron chi connectivity index (χ4n) is 6.19. The zero-order valence-corrected chi connectivity index (χ0v) is 21.4. The summed E-state index contributed by atoms with van der Waals surface area (Å²) < 4.78 is 19.6. The van der Waals surface area contributed by atoms with Crippen molar-refractivity contribution in [3.63, 3.8) is 0 Å². The Morgan fingerprint density at radius 2 is 2.03 bits per heavy atom. The summed E-state index contributed by atoms with van der Waals surface area (Å²) in [6, 6.07) is 13.0. The Hall–Kier alpha value is -3.03. The lowest BCUT2D eigenvalue weighted by Gasteiger charge is -2.47. The van der Waals surface area contributed by atoms with Gasteiger partial charge in [-0.25, -0.2) is 4.39 Å². The molecule has 2 heterocycles. The first-order valence-electron chi connectivity index (χ1n) is 13.2. The van der Waals surface area contributed by atoms with E-state index in [9.17, 15) is 19.4 Å². The molecular formula is C30H35FN2O4. The number of hydrogen-bond acceptors (Lipinski definition) is 5. The Kier molecular flexibility index (Phi) is 7.45.